The maximum absolute atomic E-state index is 12.8. The van der Waals surface area contributed by atoms with Crippen LogP contribution in [0.2, 0.25) is 0 Å². The number of rotatable bonds is 2. The largest absolute Gasteiger partial charge is 0.454 e. The van der Waals surface area contributed by atoms with Gasteiger partial charge in [-0.05, 0) is 12.1 Å². The van der Waals surface area contributed by atoms with Gasteiger partial charge in [0.2, 0.25) is 0 Å². The minimum atomic E-state index is -5.95. The summed E-state index contributed by atoms with van der Waals surface area (Å²) in [5.41, 5.74) is -6.27. The summed E-state index contributed by atoms with van der Waals surface area (Å²) in [7, 11) is 1.35. The molecular formula is C13H10F6N2O3. The van der Waals surface area contributed by atoms with Crippen LogP contribution >= 0.6 is 0 Å². The highest BCUT2D eigenvalue weighted by atomic mass is 19.4. The van der Waals surface area contributed by atoms with Crippen LogP contribution in [0.3, 0.4) is 0 Å². The van der Waals surface area contributed by atoms with Crippen molar-refractivity contribution >= 4 is 17.6 Å². The number of ether oxygens (including phenoxy) is 1. The summed E-state index contributed by atoms with van der Waals surface area (Å²) in [5, 5.41) is 9.27. The van der Waals surface area contributed by atoms with Crippen molar-refractivity contribution in [2.75, 3.05) is 18.6 Å². The summed E-state index contributed by atoms with van der Waals surface area (Å²) in [6.07, 6.45) is -11.9. The lowest BCUT2D eigenvalue weighted by molar-refractivity contribution is -0.376. The Hall–Kier alpha value is -2.30. The highest BCUT2D eigenvalue weighted by Crippen LogP contribution is 2.50. The summed E-state index contributed by atoms with van der Waals surface area (Å²) >= 11 is 0. The summed E-state index contributed by atoms with van der Waals surface area (Å²) in [6, 6.07) is 2.65. The molecule has 1 heterocycles. The van der Waals surface area contributed by atoms with Crippen molar-refractivity contribution in [3.8, 4) is 0 Å². The first-order valence-corrected chi connectivity index (χ1v) is 6.32. The van der Waals surface area contributed by atoms with Gasteiger partial charge < -0.3 is 9.84 Å². The second-order valence-electron chi connectivity index (χ2n) is 4.89. The SMILES string of the molecule is CN(C1=NC(=O)CO1)c1ccc(C(O)(C(F)(F)F)C(F)(F)F)cc1. The van der Waals surface area contributed by atoms with Crippen LogP contribution in [0.15, 0.2) is 29.3 Å². The topological polar surface area (TPSA) is 62.1 Å². The quantitative estimate of drug-likeness (QED) is 0.827. The average Bonchev–Trinajstić information content (AvgIpc) is 2.90. The fourth-order valence-corrected chi connectivity index (χ4v) is 1.99. The Morgan fingerprint density at radius 2 is 1.58 bits per heavy atom. The van der Waals surface area contributed by atoms with Gasteiger partial charge in [-0.3, -0.25) is 9.69 Å². The first kappa shape index (κ1) is 18.0. The molecule has 0 radical (unpaired) electrons. The van der Waals surface area contributed by atoms with Crippen molar-refractivity contribution in [3.05, 3.63) is 29.8 Å². The van der Waals surface area contributed by atoms with Crippen LogP contribution in [0.5, 0.6) is 0 Å². The molecule has 2 rings (SSSR count). The molecule has 1 amide bonds. The third-order valence-electron chi connectivity index (χ3n) is 3.32. The van der Waals surface area contributed by atoms with E-state index in [0.717, 1.165) is 17.0 Å². The number of nitrogens with zero attached hydrogens (tertiary/aromatic N) is 2. The molecule has 1 N–H and O–H groups in total. The van der Waals surface area contributed by atoms with Gasteiger partial charge in [0.25, 0.3) is 17.5 Å². The molecule has 11 heteroatoms. The molecule has 0 saturated carbocycles. The number of hydrogen-bond acceptors (Lipinski definition) is 4. The Labute approximate surface area is 131 Å². The van der Waals surface area contributed by atoms with Crippen LogP contribution in [-0.4, -0.2) is 43.0 Å². The molecule has 1 aromatic rings. The molecule has 132 valence electrons. The van der Waals surface area contributed by atoms with Gasteiger partial charge in [-0.2, -0.15) is 31.3 Å². The number of hydrogen-bond donors (Lipinski definition) is 1. The summed E-state index contributed by atoms with van der Waals surface area (Å²) < 4.78 is 81.6. The fraction of sp³-hybridized carbons (Fsp3) is 0.385. The number of aliphatic imine (C=N–C) groups is 1. The van der Waals surface area contributed by atoms with E-state index in [-0.39, 0.29) is 18.3 Å². The Kier molecular flexibility index (Phi) is 4.25. The first-order valence-electron chi connectivity index (χ1n) is 6.32. The molecule has 0 spiro atoms. The second kappa shape index (κ2) is 5.65. The lowest BCUT2D eigenvalue weighted by Gasteiger charge is -2.32. The smallest absolute Gasteiger partial charge is 0.430 e. The second-order valence-corrected chi connectivity index (χ2v) is 4.89. The van der Waals surface area contributed by atoms with Gasteiger partial charge in [0, 0.05) is 18.3 Å². The van der Waals surface area contributed by atoms with Crippen LogP contribution < -0.4 is 4.90 Å². The normalized spacial score (nSPS) is 16.0. The predicted octanol–water partition coefficient (Wildman–Crippen LogP) is 2.35. The van der Waals surface area contributed by atoms with Crippen molar-refractivity contribution in [3.63, 3.8) is 0 Å². The molecule has 0 saturated heterocycles. The van der Waals surface area contributed by atoms with E-state index in [9.17, 15) is 36.2 Å². The van der Waals surface area contributed by atoms with E-state index in [0.29, 0.717) is 12.1 Å². The number of anilines is 1. The molecule has 5 nitrogen and oxygen atoms in total. The maximum atomic E-state index is 12.8. The first-order chi connectivity index (χ1) is 10.9. The van der Waals surface area contributed by atoms with Crippen LogP contribution in [0.4, 0.5) is 32.0 Å². The van der Waals surface area contributed by atoms with Crippen molar-refractivity contribution in [2.45, 2.75) is 18.0 Å². The number of aliphatic hydroxyl groups is 1. The Morgan fingerprint density at radius 1 is 1.08 bits per heavy atom. The maximum Gasteiger partial charge on any atom is 0.430 e. The van der Waals surface area contributed by atoms with E-state index in [1.807, 2.05) is 0 Å². The number of carbonyl (C=O) groups excluding carboxylic acids is 1. The van der Waals surface area contributed by atoms with Crippen molar-refractivity contribution < 1.29 is 41.0 Å². The molecule has 0 aliphatic carbocycles. The molecule has 1 aromatic carbocycles. The monoisotopic (exact) mass is 356 g/mol. The van der Waals surface area contributed by atoms with Crippen LogP contribution in [0, 0.1) is 0 Å². The van der Waals surface area contributed by atoms with Gasteiger partial charge in [0.05, 0.1) is 0 Å². The number of alkyl halides is 6. The Morgan fingerprint density at radius 3 is 1.96 bits per heavy atom. The minimum absolute atomic E-state index is 0.110. The van der Waals surface area contributed by atoms with Gasteiger partial charge in [-0.25, -0.2) is 0 Å². The van der Waals surface area contributed by atoms with E-state index < -0.39 is 29.4 Å². The van der Waals surface area contributed by atoms with Gasteiger partial charge in [-0.15, -0.1) is 0 Å². The molecule has 0 bridgehead atoms. The Balaban J connectivity index is 2.37. The van der Waals surface area contributed by atoms with Crippen LogP contribution in [0.1, 0.15) is 5.56 Å². The van der Waals surface area contributed by atoms with Gasteiger partial charge >= 0.3 is 12.4 Å². The van der Waals surface area contributed by atoms with E-state index in [1.54, 1.807) is 0 Å². The molecular weight excluding hydrogens is 346 g/mol. The zero-order valence-electron chi connectivity index (χ0n) is 11.9. The van der Waals surface area contributed by atoms with E-state index >= 15 is 0 Å². The number of amides is 1. The molecule has 0 fully saturated rings. The standard InChI is InChI=1S/C13H10F6N2O3/c1-21(10-20-9(22)6-24-10)8-4-2-7(3-5-8)11(23,12(14,15)16)13(17,18)19/h2-5,23H,6H2,1H3. The van der Waals surface area contributed by atoms with E-state index in [2.05, 4.69) is 4.99 Å². The molecule has 1 aliphatic rings. The zero-order chi connectivity index (χ0) is 18.3. The molecule has 0 atom stereocenters. The highest BCUT2D eigenvalue weighted by molar-refractivity contribution is 6.03. The number of amidine groups is 1. The molecule has 0 unspecified atom stereocenters. The summed E-state index contributed by atoms with van der Waals surface area (Å²) in [5.74, 6) is -0.572. The van der Waals surface area contributed by atoms with Crippen molar-refractivity contribution in [2.24, 2.45) is 4.99 Å². The number of benzene rings is 1. The minimum Gasteiger partial charge on any atom is -0.454 e. The highest BCUT2D eigenvalue weighted by Gasteiger charge is 2.71. The molecule has 24 heavy (non-hydrogen) atoms. The van der Waals surface area contributed by atoms with Crippen molar-refractivity contribution in [1.29, 1.82) is 0 Å². The zero-order valence-corrected chi connectivity index (χ0v) is 11.9. The Bertz CT molecular complexity index is 652. The van der Waals surface area contributed by atoms with Gasteiger partial charge in [-0.1, -0.05) is 12.1 Å². The third kappa shape index (κ3) is 2.90. The lowest BCUT2D eigenvalue weighted by Crippen LogP contribution is -2.53. The third-order valence-corrected chi connectivity index (χ3v) is 3.32. The fourth-order valence-electron chi connectivity index (χ4n) is 1.99. The molecule has 1 aliphatic heterocycles. The lowest BCUT2D eigenvalue weighted by atomic mass is 9.92. The number of carbonyl (C=O) groups is 1. The summed E-state index contributed by atoms with van der Waals surface area (Å²) in [4.78, 5) is 15.6. The van der Waals surface area contributed by atoms with Crippen LogP contribution in [0.25, 0.3) is 0 Å². The van der Waals surface area contributed by atoms with E-state index in [1.165, 1.54) is 7.05 Å². The summed E-state index contributed by atoms with van der Waals surface area (Å²) in [6.45, 7) is -0.306. The average molecular weight is 356 g/mol. The number of halogens is 6. The van der Waals surface area contributed by atoms with Gasteiger partial charge in [0.1, 0.15) is 0 Å². The predicted molar refractivity (Wildman–Crippen MR) is 69.2 cm³/mol. The van der Waals surface area contributed by atoms with E-state index in [4.69, 9.17) is 4.74 Å². The van der Waals surface area contributed by atoms with Crippen molar-refractivity contribution in [1.82, 2.24) is 0 Å². The van der Waals surface area contributed by atoms with Crippen LogP contribution in [-0.2, 0) is 15.1 Å². The van der Waals surface area contributed by atoms with Gasteiger partial charge in [0.15, 0.2) is 6.61 Å². The molecule has 0 aromatic heterocycles.